The molecule has 1 fully saturated rings. The van der Waals surface area contributed by atoms with Crippen LogP contribution < -0.4 is 0 Å². The molecule has 0 spiro atoms. The summed E-state index contributed by atoms with van der Waals surface area (Å²) in [4.78, 5) is 19.9. The van der Waals surface area contributed by atoms with Crippen LogP contribution >= 0.6 is 0 Å². The van der Waals surface area contributed by atoms with Gasteiger partial charge in [0.1, 0.15) is 11.5 Å². The zero-order valence-electron chi connectivity index (χ0n) is 12.7. The molecule has 0 aromatic carbocycles. The first-order valence-corrected chi connectivity index (χ1v) is 7.77. The molecule has 8 nitrogen and oxygen atoms in total. The highest BCUT2D eigenvalue weighted by Gasteiger charge is 2.21. The maximum atomic E-state index is 11.0. The molecule has 0 unspecified atom stereocenters. The molecule has 1 saturated carbocycles. The highest BCUT2D eigenvalue weighted by atomic mass is 16.4. The van der Waals surface area contributed by atoms with Crippen molar-refractivity contribution in [1.29, 1.82) is 0 Å². The van der Waals surface area contributed by atoms with Crippen LogP contribution in [0.4, 0.5) is 0 Å². The molecule has 1 atom stereocenters. The Hall–Kier alpha value is -2.35. The second-order valence-electron chi connectivity index (χ2n) is 5.79. The van der Waals surface area contributed by atoms with Gasteiger partial charge in [-0.05, 0) is 12.8 Å². The second-order valence-corrected chi connectivity index (χ2v) is 5.79. The van der Waals surface area contributed by atoms with Gasteiger partial charge in [-0.1, -0.05) is 24.5 Å². The average molecular weight is 317 g/mol. The minimum atomic E-state index is -1.16. The Labute approximate surface area is 133 Å². The van der Waals surface area contributed by atoms with Crippen molar-refractivity contribution < 1.29 is 15.0 Å². The Kier molecular flexibility index (Phi) is 4.61. The topological polar surface area (TPSA) is 114 Å². The van der Waals surface area contributed by atoms with Gasteiger partial charge in [0.25, 0.3) is 0 Å². The van der Waals surface area contributed by atoms with Crippen molar-refractivity contribution in [2.45, 2.75) is 44.1 Å². The largest absolute Gasteiger partial charge is 0.480 e. The van der Waals surface area contributed by atoms with Crippen molar-refractivity contribution in [1.82, 2.24) is 25.0 Å². The van der Waals surface area contributed by atoms with E-state index in [1.807, 2.05) is 0 Å². The van der Waals surface area contributed by atoms with Crippen molar-refractivity contribution in [2.24, 2.45) is 0 Å². The third-order valence-electron chi connectivity index (χ3n) is 4.23. The number of hydrogen-bond donors (Lipinski definition) is 2. The molecule has 122 valence electrons. The molecular formula is C15H19N5O3. The number of carboxylic acids is 1. The zero-order chi connectivity index (χ0) is 16.2. The van der Waals surface area contributed by atoms with E-state index in [2.05, 4.69) is 20.3 Å². The lowest BCUT2D eigenvalue weighted by Gasteiger charge is -2.19. The minimum absolute atomic E-state index is 0.430. The zero-order valence-corrected chi connectivity index (χ0v) is 12.7. The Morgan fingerprint density at radius 1 is 1.26 bits per heavy atom. The number of aromatic nitrogens is 5. The summed E-state index contributed by atoms with van der Waals surface area (Å²) in [6.45, 7) is -0.546. The number of nitrogens with zero attached hydrogens (tertiary/aromatic N) is 5. The van der Waals surface area contributed by atoms with Crippen LogP contribution in [-0.2, 0) is 4.79 Å². The average Bonchev–Trinajstić information content (AvgIpc) is 3.06. The summed E-state index contributed by atoms with van der Waals surface area (Å²) in [6, 6.07) is -1.14. The SMILES string of the molecule is O=C(O)[C@H](CO)n1cc(-c2cnc(C3CCCCC3)nc2)nn1. The van der Waals surface area contributed by atoms with Gasteiger partial charge in [-0.15, -0.1) is 5.10 Å². The third kappa shape index (κ3) is 3.37. The van der Waals surface area contributed by atoms with Gasteiger partial charge in [0.05, 0.1) is 12.8 Å². The molecule has 23 heavy (non-hydrogen) atoms. The van der Waals surface area contributed by atoms with Crippen LogP contribution in [0.3, 0.4) is 0 Å². The molecule has 2 aromatic rings. The Morgan fingerprint density at radius 3 is 2.57 bits per heavy atom. The summed E-state index contributed by atoms with van der Waals surface area (Å²) in [5.74, 6) is 0.131. The molecular weight excluding hydrogens is 298 g/mol. The first kappa shape index (κ1) is 15.5. The van der Waals surface area contributed by atoms with Crippen LogP contribution in [0, 0.1) is 0 Å². The summed E-state index contributed by atoms with van der Waals surface area (Å²) in [7, 11) is 0. The molecule has 0 aliphatic heterocycles. The smallest absolute Gasteiger partial charge is 0.330 e. The van der Waals surface area contributed by atoms with Crippen LogP contribution in [0.1, 0.15) is 49.9 Å². The quantitative estimate of drug-likeness (QED) is 0.856. The van der Waals surface area contributed by atoms with Gasteiger partial charge in [0.15, 0.2) is 6.04 Å². The second kappa shape index (κ2) is 6.82. The van der Waals surface area contributed by atoms with E-state index >= 15 is 0 Å². The lowest BCUT2D eigenvalue weighted by molar-refractivity contribution is -0.142. The Bertz CT molecular complexity index is 664. The predicted molar refractivity (Wildman–Crippen MR) is 80.6 cm³/mol. The van der Waals surface area contributed by atoms with Gasteiger partial charge < -0.3 is 10.2 Å². The fraction of sp³-hybridized carbons (Fsp3) is 0.533. The molecule has 8 heteroatoms. The number of aliphatic carboxylic acids is 1. The summed E-state index contributed by atoms with van der Waals surface area (Å²) >= 11 is 0. The van der Waals surface area contributed by atoms with E-state index in [9.17, 15) is 4.79 Å². The fourth-order valence-electron chi connectivity index (χ4n) is 2.88. The molecule has 0 saturated heterocycles. The molecule has 2 heterocycles. The standard InChI is InChI=1S/C15H19N5O3/c21-9-13(15(22)23)20-8-12(18-19-20)11-6-16-14(17-7-11)10-4-2-1-3-5-10/h6-8,10,13,21H,1-5,9H2,(H,22,23)/t13-/m0/s1. The molecule has 2 aromatic heterocycles. The van der Waals surface area contributed by atoms with E-state index in [-0.39, 0.29) is 0 Å². The molecule has 3 rings (SSSR count). The number of carbonyl (C=O) groups is 1. The maximum absolute atomic E-state index is 11.0. The van der Waals surface area contributed by atoms with Crippen LogP contribution in [0.5, 0.6) is 0 Å². The lowest BCUT2D eigenvalue weighted by atomic mass is 9.89. The summed E-state index contributed by atoms with van der Waals surface area (Å²) < 4.78 is 1.13. The number of aliphatic hydroxyl groups excluding tert-OH is 1. The van der Waals surface area contributed by atoms with Crippen LogP contribution in [0.25, 0.3) is 11.3 Å². The van der Waals surface area contributed by atoms with Crippen molar-refractivity contribution in [3.63, 3.8) is 0 Å². The Balaban J connectivity index is 1.77. The number of rotatable bonds is 5. The van der Waals surface area contributed by atoms with Gasteiger partial charge in [0, 0.05) is 23.9 Å². The van der Waals surface area contributed by atoms with Gasteiger partial charge in [-0.3, -0.25) is 0 Å². The Morgan fingerprint density at radius 2 is 1.96 bits per heavy atom. The molecule has 2 N–H and O–H groups in total. The highest BCUT2D eigenvalue weighted by Crippen LogP contribution is 2.30. The van der Waals surface area contributed by atoms with Gasteiger partial charge >= 0.3 is 5.97 Å². The van der Waals surface area contributed by atoms with Crippen molar-refractivity contribution in [3.8, 4) is 11.3 Å². The van der Waals surface area contributed by atoms with Crippen LogP contribution in [0.2, 0.25) is 0 Å². The molecule has 0 bridgehead atoms. The van der Waals surface area contributed by atoms with Crippen molar-refractivity contribution >= 4 is 5.97 Å². The monoisotopic (exact) mass is 317 g/mol. The highest BCUT2D eigenvalue weighted by molar-refractivity contribution is 5.72. The molecule has 1 aliphatic carbocycles. The first-order chi connectivity index (χ1) is 11.2. The first-order valence-electron chi connectivity index (χ1n) is 7.77. The van der Waals surface area contributed by atoms with E-state index in [1.54, 1.807) is 12.4 Å². The number of carboxylic acid groups (broad SMARTS) is 1. The summed E-state index contributed by atoms with van der Waals surface area (Å²) in [6.07, 6.45) is 10.9. The van der Waals surface area contributed by atoms with Crippen molar-refractivity contribution in [2.75, 3.05) is 6.61 Å². The van der Waals surface area contributed by atoms with E-state index in [1.165, 1.54) is 25.5 Å². The minimum Gasteiger partial charge on any atom is -0.480 e. The molecule has 0 radical (unpaired) electrons. The normalized spacial score (nSPS) is 17.1. The molecule has 0 amide bonds. The van der Waals surface area contributed by atoms with E-state index in [4.69, 9.17) is 10.2 Å². The van der Waals surface area contributed by atoms with Gasteiger partial charge in [-0.2, -0.15) is 0 Å². The van der Waals surface area contributed by atoms with Crippen LogP contribution in [0.15, 0.2) is 18.6 Å². The van der Waals surface area contributed by atoms with Crippen LogP contribution in [-0.4, -0.2) is 47.8 Å². The fourth-order valence-corrected chi connectivity index (χ4v) is 2.88. The number of aliphatic hydroxyl groups is 1. The maximum Gasteiger partial charge on any atom is 0.330 e. The van der Waals surface area contributed by atoms with E-state index in [0.717, 1.165) is 23.3 Å². The van der Waals surface area contributed by atoms with Gasteiger partial charge in [-0.25, -0.2) is 19.4 Å². The summed E-state index contributed by atoms with van der Waals surface area (Å²) in [5, 5.41) is 25.8. The number of hydrogen-bond acceptors (Lipinski definition) is 6. The predicted octanol–water partition coefficient (Wildman–Crippen LogP) is 1.40. The third-order valence-corrected chi connectivity index (χ3v) is 4.23. The summed E-state index contributed by atoms with van der Waals surface area (Å²) in [5.41, 5.74) is 1.16. The van der Waals surface area contributed by atoms with Crippen molar-refractivity contribution in [3.05, 3.63) is 24.4 Å². The lowest BCUT2D eigenvalue weighted by Crippen LogP contribution is -2.23. The molecule has 1 aliphatic rings. The van der Waals surface area contributed by atoms with E-state index in [0.29, 0.717) is 17.2 Å². The van der Waals surface area contributed by atoms with E-state index < -0.39 is 18.6 Å². The van der Waals surface area contributed by atoms with Gasteiger partial charge in [0.2, 0.25) is 0 Å².